The van der Waals surface area contributed by atoms with Crippen molar-refractivity contribution < 1.29 is 18.7 Å². The van der Waals surface area contributed by atoms with Gasteiger partial charge >= 0.3 is 12.0 Å². The predicted octanol–water partition coefficient (Wildman–Crippen LogP) is 4.80. The molecule has 1 unspecified atom stereocenters. The maximum atomic E-state index is 12.7. The lowest BCUT2D eigenvalue weighted by atomic mass is 10.0. The summed E-state index contributed by atoms with van der Waals surface area (Å²) in [5, 5.41) is 18.3. The molecule has 0 aliphatic carbocycles. The maximum absolute atomic E-state index is 12.7. The third-order valence-corrected chi connectivity index (χ3v) is 7.14. The van der Waals surface area contributed by atoms with E-state index in [2.05, 4.69) is 26.1 Å². The number of carbonyl (C=O) groups is 2. The Bertz CT molecular complexity index is 1200. The zero-order valence-electron chi connectivity index (χ0n) is 17.7. The molecule has 0 saturated heterocycles. The lowest BCUT2D eigenvalue weighted by Crippen LogP contribution is -2.46. The quantitative estimate of drug-likeness (QED) is 0.295. The van der Waals surface area contributed by atoms with Gasteiger partial charge in [-0.25, -0.2) is 9.59 Å². The monoisotopic (exact) mass is 505 g/mol. The van der Waals surface area contributed by atoms with Gasteiger partial charge in [0, 0.05) is 22.2 Å². The van der Waals surface area contributed by atoms with Crippen LogP contribution in [-0.4, -0.2) is 34.6 Å². The molecule has 3 heterocycles. The number of hydrogen-bond acceptors (Lipinski definition) is 9. The Labute approximate surface area is 202 Å². The first-order valence-corrected chi connectivity index (χ1v) is 12.1. The molecule has 9 nitrogen and oxygen atoms in total. The minimum atomic E-state index is -0.749. The van der Waals surface area contributed by atoms with Gasteiger partial charge in [0.25, 0.3) is 0 Å². The Morgan fingerprint density at radius 1 is 1.33 bits per heavy atom. The minimum Gasteiger partial charge on any atom is -0.467 e. The second-order valence-electron chi connectivity index (χ2n) is 6.86. The van der Waals surface area contributed by atoms with Crippen LogP contribution in [0.15, 0.2) is 56.6 Å². The number of nitrogens with zero attached hydrogens (tertiary/aromatic N) is 2. The second kappa shape index (κ2) is 10.3. The summed E-state index contributed by atoms with van der Waals surface area (Å²) in [7, 11) is 0. The Hall–Kier alpha value is -3.02. The van der Waals surface area contributed by atoms with Crippen molar-refractivity contribution in [1.29, 1.82) is 0 Å². The van der Waals surface area contributed by atoms with Gasteiger partial charge in [-0.3, -0.25) is 0 Å². The van der Waals surface area contributed by atoms with Gasteiger partial charge in [-0.2, -0.15) is 0 Å². The highest BCUT2D eigenvalue weighted by atomic mass is 35.5. The summed E-state index contributed by atoms with van der Waals surface area (Å²) in [6, 6.07) is 7.79. The van der Waals surface area contributed by atoms with E-state index in [9.17, 15) is 9.59 Å². The van der Waals surface area contributed by atoms with Crippen LogP contribution < -0.4 is 16.0 Å². The average molecular weight is 506 g/mol. The molecule has 4 rings (SSSR count). The van der Waals surface area contributed by atoms with Gasteiger partial charge in [0.05, 0.1) is 18.4 Å². The van der Waals surface area contributed by atoms with Crippen LogP contribution in [0.3, 0.4) is 0 Å². The molecule has 1 atom stereocenters. The van der Waals surface area contributed by atoms with E-state index in [-0.39, 0.29) is 17.9 Å². The number of hydrogen-bond donors (Lipinski definition) is 3. The minimum absolute atomic E-state index is 0.204. The first-order chi connectivity index (χ1) is 16.0. The topological polar surface area (TPSA) is 118 Å². The number of amides is 2. The lowest BCUT2D eigenvalue weighted by Gasteiger charge is -2.27. The first-order valence-electron chi connectivity index (χ1n) is 9.95. The number of nitrogens with one attached hydrogen (secondary N) is 3. The lowest BCUT2D eigenvalue weighted by molar-refractivity contribution is -0.139. The molecular formula is C21H20ClN5O4S2. The number of furan rings is 1. The van der Waals surface area contributed by atoms with Gasteiger partial charge in [0.2, 0.25) is 5.13 Å². The number of ether oxygens (including phenoxy) is 1. The van der Waals surface area contributed by atoms with E-state index in [0.717, 1.165) is 11.3 Å². The van der Waals surface area contributed by atoms with E-state index in [1.54, 1.807) is 19.1 Å². The summed E-state index contributed by atoms with van der Waals surface area (Å²) in [5.41, 5.74) is 2.47. The number of carbonyl (C=O) groups excluding carboxylic acids is 2. The average Bonchev–Trinajstić information content (AvgIpc) is 3.47. The molecule has 3 N–H and O–H groups in total. The first kappa shape index (κ1) is 23.1. The molecule has 0 bridgehead atoms. The van der Waals surface area contributed by atoms with Crippen molar-refractivity contribution in [3.63, 3.8) is 0 Å². The fourth-order valence-electron chi connectivity index (χ4n) is 3.16. The Morgan fingerprint density at radius 3 is 2.94 bits per heavy atom. The van der Waals surface area contributed by atoms with Crippen LogP contribution in [0.4, 0.5) is 15.6 Å². The molecule has 33 heavy (non-hydrogen) atoms. The molecular weight excluding hydrogens is 486 g/mol. The number of thioether (sulfide) groups is 1. The number of aromatic nitrogens is 2. The third-order valence-electron chi connectivity index (χ3n) is 4.73. The fourth-order valence-corrected chi connectivity index (χ4v) is 5.07. The third kappa shape index (κ3) is 5.32. The maximum Gasteiger partial charge on any atom is 0.338 e. The van der Waals surface area contributed by atoms with Crippen LogP contribution in [0.25, 0.3) is 0 Å². The van der Waals surface area contributed by atoms with Crippen molar-refractivity contribution >= 4 is 57.5 Å². The van der Waals surface area contributed by atoms with Gasteiger partial charge in [0.1, 0.15) is 11.8 Å². The molecule has 12 heteroatoms. The van der Waals surface area contributed by atoms with E-state index in [1.807, 2.05) is 25.1 Å². The largest absolute Gasteiger partial charge is 0.467 e. The highest BCUT2D eigenvalue weighted by Crippen LogP contribution is 2.34. The van der Waals surface area contributed by atoms with Crippen molar-refractivity contribution in [1.82, 2.24) is 20.8 Å². The van der Waals surface area contributed by atoms with Gasteiger partial charge in [-0.15, -0.1) is 10.2 Å². The molecule has 0 radical (unpaired) electrons. The summed E-state index contributed by atoms with van der Waals surface area (Å²) in [6.07, 6.45) is 1.48. The molecule has 1 aromatic carbocycles. The number of esters is 1. The zero-order valence-corrected chi connectivity index (χ0v) is 20.1. The second-order valence-corrected chi connectivity index (χ2v) is 9.47. The summed E-state index contributed by atoms with van der Waals surface area (Å²) in [5.74, 6) is 0.191. The van der Waals surface area contributed by atoms with Gasteiger partial charge in [-0.1, -0.05) is 40.8 Å². The molecule has 0 fully saturated rings. The number of urea groups is 1. The smallest absolute Gasteiger partial charge is 0.338 e. The van der Waals surface area contributed by atoms with Gasteiger partial charge < -0.3 is 25.1 Å². The molecule has 1 aliphatic heterocycles. The van der Waals surface area contributed by atoms with Crippen molar-refractivity contribution in [2.24, 2.45) is 0 Å². The van der Waals surface area contributed by atoms with E-state index in [1.165, 1.54) is 29.4 Å². The van der Waals surface area contributed by atoms with Gasteiger partial charge in [0.15, 0.2) is 4.34 Å². The predicted molar refractivity (Wildman–Crippen MR) is 127 cm³/mol. The number of anilines is 2. The Balaban J connectivity index is 1.54. The number of rotatable bonds is 8. The molecule has 3 aromatic rings. The van der Waals surface area contributed by atoms with Gasteiger partial charge in [-0.05, 0) is 43.7 Å². The summed E-state index contributed by atoms with van der Waals surface area (Å²) < 4.78 is 11.3. The fraction of sp³-hybridized carbons (Fsp3) is 0.238. The van der Waals surface area contributed by atoms with Crippen molar-refractivity contribution in [3.05, 3.63) is 64.2 Å². The Kier molecular flexibility index (Phi) is 7.21. The highest BCUT2D eigenvalue weighted by Gasteiger charge is 2.35. The van der Waals surface area contributed by atoms with Crippen LogP contribution >= 0.6 is 34.7 Å². The van der Waals surface area contributed by atoms with Crippen LogP contribution in [0.5, 0.6) is 0 Å². The van der Waals surface area contributed by atoms with Crippen LogP contribution in [0.1, 0.15) is 24.3 Å². The van der Waals surface area contributed by atoms with Crippen molar-refractivity contribution in [2.45, 2.75) is 24.2 Å². The summed E-state index contributed by atoms with van der Waals surface area (Å²) in [4.78, 5) is 25.0. The van der Waals surface area contributed by atoms with Crippen molar-refractivity contribution in [3.8, 4) is 0 Å². The van der Waals surface area contributed by atoms with E-state index < -0.39 is 18.0 Å². The molecule has 2 aromatic heterocycles. The standard InChI is InChI=1S/C21H20ClN5O4S2/c1-3-30-18(28)16-14(23-19(29)25-17(16)15-8-5-9-31-15)10-32-21-27-26-20(33-21)24-13-7-4-6-12(22)11(13)2/h4-9,17H,3,10H2,1-2H3,(H,24,26)(H2,23,25,29). The molecule has 172 valence electrons. The summed E-state index contributed by atoms with van der Waals surface area (Å²) in [6.45, 7) is 3.84. The molecule has 0 spiro atoms. The van der Waals surface area contributed by atoms with E-state index in [0.29, 0.717) is 26.0 Å². The van der Waals surface area contributed by atoms with Crippen LogP contribution in [0, 0.1) is 6.92 Å². The number of halogens is 1. The molecule has 0 saturated carbocycles. The number of benzene rings is 1. The normalized spacial score (nSPS) is 15.7. The molecule has 2 amide bonds. The highest BCUT2D eigenvalue weighted by molar-refractivity contribution is 8.01. The summed E-state index contributed by atoms with van der Waals surface area (Å²) >= 11 is 8.87. The van der Waals surface area contributed by atoms with Crippen LogP contribution in [-0.2, 0) is 9.53 Å². The van der Waals surface area contributed by atoms with Crippen molar-refractivity contribution in [2.75, 3.05) is 17.7 Å². The van der Waals surface area contributed by atoms with E-state index >= 15 is 0 Å². The van der Waals surface area contributed by atoms with Crippen LogP contribution in [0.2, 0.25) is 5.02 Å². The molecule has 1 aliphatic rings. The SMILES string of the molecule is CCOC(=O)C1=C(CSc2nnc(Nc3cccc(Cl)c3C)s2)NC(=O)NC1c1ccco1. The van der Waals surface area contributed by atoms with E-state index in [4.69, 9.17) is 20.8 Å². The zero-order chi connectivity index (χ0) is 23.4. The Morgan fingerprint density at radius 2 is 2.18 bits per heavy atom.